The molecule has 8 nitrogen and oxygen atoms in total. The minimum absolute atomic E-state index is 0.358. The van der Waals surface area contributed by atoms with E-state index in [0.717, 1.165) is 6.08 Å². The number of rotatable bonds is 6. The molecule has 0 spiro atoms. The van der Waals surface area contributed by atoms with E-state index >= 15 is 0 Å². The summed E-state index contributed by atoms with van der Waals surface area (Å²) in [4.78, 5) is 39.9. The van der Waals surface area contributed by atoms with E-state index in [1.54, 1.807) is 12.2 Å². The van der Waals surface area contributed by atoms with Crippen molar-refractivity contribution in [2.24, 2.45) is 0 Å². The van der Waals surface area contributed by atoms with E-state index in [4.69, 9.17) is 20.4 Å². The Labute approximate surface area is 114 Å². The predicted octanol–water partition coefficient (Wildman–Crippen LogP) is 0.760. The van der Waals surface area contributed by atoms with E-state index < -0.39 is 35.9 Å². The molecule has 0 heterocycles. The molecule has 0 aromatic heterocycles. The van der Waals surface area contributed by atoms with Crippen LogP contribution in [0.25, 0.3) is 0 Å². The maximum atomic E-state index is 10.2. The largest absolute Gasteiger partial charge is 0.481 e. The first kappa shape index (κ1) is 19.4. The molecule has 8 heteroatoms. The van der Waals surface area contributed by atoms with Crippen LogP contribution in [0, 0.1) is 0 Å². The van der Waals surface area contributed by atoms with Crippen molar-refractivity contribution in [1.29, 1.82) is 0 Å². The van der Waals surface area contributed by atoms with E-state index in [1.807, 2.05) is 6.92 Å². The second kappa shape index (κ2) is 11.2. The Bertz CT molecular complexity index is 456. The Kier molecular flexibility index (Phi) is 10.9. The molecular weight excluding hydrogens is 272 g/mol. The van der Waals surface area contributed by atoms with Crippen LogP contribution < -0.4 is 0 Å². The summed E-state index contributed by atoms with van der Waals surface area (Å²) in [6.07, 6.45) is 5.54. The SMILES string of the molecule is CC=CC=CC(=O)O.O=C(O)C=C(CC(=O)O)C(=O)O. The number of carboxylic acid groups (broad SMARTS) is 4. The van der Waals surface area contributed by atoms with Gasteiger partial charge in [-0.05, 0) is 6.92 Å². The van der Waals surface area contributed by atoms with Crippen LogP contribution in [0.15, 0.2) is 36.0 Å². The summed E-state index contributed by atoms with van der Waals surface area (Å²) < 4.78 is 0. The van der Waals surface area contributed by atoms with Crippen LogP contribution in [-0.2, 0) is 19.2 Å². The molecule has 0 bridgehead atoms. The molecule has 0 amide bonds. The molecule has 0 aromatic rings. The summed E-state index contributed by atoms with van der Waals surface area (Å²) in [5.41, 5.74) is -0.657. The average Bonchev–Trinajstić information content (AvgIpc) is 2.27. The third-order valence-corrected chi connectivity index (χ3v) is 1.46. The highest BCUT2D eigenvalue weighted by Gasteiger charge is 2.12. The Balaban J connectivity index is 0. The molecule has 0 atom stereocenters. The Morgan fingerprint density at radius 1 is 0.900 bits per heavy atom. The monoisotopic (exact) mass is 286 g/mol. The highest BCUT2D eigenvalue weighted by molar-refractivity contribution is 5.98. The van der Waals surface area contributed by atoms with Crippen molar-refractivity contribution in [1.82, 2.24) is 0 Å². The lowest BCUT2D eigenvalue weighted by molar-refractivity contribution is -0.140. The van der Waals surface area contributed by atoms with Gasteiger partial charge in [-0.3, -0.25) is 4.79 Å². The molecule has 0 saturated heterocycles. The molecule has 0 aliphatic carbocycles. The van der Waals surface area contributed by atoms with Crippen LogP contribution in [0.1, 0.15) is 13.3 Å². The van der Waals surface area contributed by atoms with Gasteiger partial charge >= 0.3 is 23.9 Å². The fraction of sp³-hybridized carbons (Fsp3) is 0.167. The first-order valence-electron chi connectivity index (χ1n) is 5.11. The van der Waals surface area contributed by atoms with Gasteiger partial charge in [-0.25, -0.2) is 14.4 Å². The molecule has 4 N–H and O–H groups in total. The quantitative estimate of drug-likeness (QED) is 0.413. The van der Waals surface area contributed by atoms with Crippen LogP contribution in [0.4, 0.5) is 0 Å². The second-order valence-electron chi connectivity index (χ2n) is 3.11. The van der Waals surface area contributed by atoms with Crippen LogP contribution in [0.2, 0.25) is 0 Å². The highest BCUT2D eigenvalue weighted by atomic mass is 16.4. The van der Waals surface area contributed by atoms with Gasteiger partial charge in [0.25, 0.3) is 0 Å². The smallest absolute Gasteiger partial charge is 0.332 e. The van der Waals surface area contributed by atoms with E-state index in [9.17, 15) is 19.2 Å². The van der Waals surface area contributed by atoms with Crippen molar-refractivity contribution in [2.75, 3.05) is 0 Å². The molecule has 110 valence electrons. The van der Waals surface area contributed by atoms with Gasteiger partial charge in [-0.15, -0.1) is 0 Å². The van der Waals surface area contributed by atoms with Crippen molar-refractivity contribution in [2.45, 2.75) is 13.3 Å². The standard InChI is InChI=1S/C6H6O6.C6H8O2/c7-4(8)1-3(6(11)12)2-5(9)10;1-2-3-4-5-6(7)8/h1H,2H2,(H,7,8)(H,9,10)(H,11,12);2-5H,1H3,(H,7,8). The summed E-state index contributed by atoms with van der Waals surface area (Å²) in [6, 6.07) is 0. The molecular formula is C12H14O8. The number of hydrogen-bond donors (Lipinski definition) is 4. The molecule has 0 aromatic carbocycles. The predicted molar refractivity (Wildman–Crippen MR) is 67.2 cm³/mol. The fourth-order valence-electron chi connectivity index (χ4n) is 0.749. The van der Waals surface area contributed by atoms with Crippen LogP contribution >= 0.6 is 0 Å². The molecule has 0 rings (SSSR count). The number of carbonyl (C=O) groups is 4. The zero-order chi connectivity index (χ0) is 16.1. The number of allylic oxidation sites excluding steroid dienone is 3. The first-order valence-corrected chi connectivity index (χ1v) is 5.11. The minimum Gasteiger partial charge on any atom is -0.481 e. The summed E-state index contributed by atoms with van der Waals surface area (Å²) in [5, 5.41) is 32.6. The molecule has 0 aliphatic rings. The Morgan fingerprint density at radius 2 is 1.45 bits per heavy atom. The maximum absolute atomic E-state index is 10.2. The van der Waals surface area contributed by atoms with Crippen LogP contribution in [0.5, 0.6) is 0 Å². The van der Waals surface area contributed by atoms with Crippen molar-refractivity contribution in [3.63, 3.8) is 0 Å². The number of carboxylic acids is 4. The molecule has 0 fully saturated rings. The highest BCUT2D eigenvalue weighted by Crippen LogP contribution is 2.00. The lowest BCUT2D eigenvalue weighted by Gasteiger charge is -1.94. The van der Waals surface area contributed by atoms with Gasteiger partial charge in [0.05, 0.1) is 12.0 Å². The van der Waals surface area contributed by atoms with Gasteiger partial charge in [0.2, 0.25) is 0 Å². The Morgan fingerprint density at radius 3 is 1.75 bits per heavy atom. The van der Waals surface area contributed by atoms with Crippen LogP contribution in [0.3, 0.4) is 0 Å². The van der Waals surface area contributed by atoms with Gasteiger partial charge < -0.3 is 20.4 Å². The van der Waals surface area contributed by atoms with Gasteiger partial charge in [0, 0.05) is 12.2 Å². The van der Waals surface area contributed by atoms with Gasteiger partial charge in [0.1, 0.15) is 0 Å². The van der Waals surface area contributed by atoms with E-state index in [1.165, 1.54) is 6.08 Å². The first-order chi connectivity index (χ1) is 9.20. The molecule has 0 unspecified atom stereocenters. The van der Waals surface area contributed by atoms with E-state index in [2.05, 4.69) is 0 Å². The number of hydrogen-bond acceptors (Lipinski definition) is 4. The third-order valence-electron chi connectivity index (χ3n) is 1.46. The Hall–Kier alpha value is -2.90. The summed E-state index contributed by atoms with van der Waals surface area (Å²) in [5.74, 6) is -5.32. The average molecular weight is 286 g/mol. The number of aliphatic carboxylic acids is 4. The van der Waals surface area contributed by atoms with Crippen molar-refractivity contribution < 1.29 is 39.6 Å². The second-order valence-corrected chi connectivity index (χ2v) is 3.11. The normalized spacial score (nSPS) is 10.9. The topological polar surface area (TPSA) is 149 Å². The van der Waals surface area contributed by atoms with Gasteiger partial charge in [0.15, 0.2) is 0 Å². The minimum atomic E-state index is -1.54. The van der Waals surface area contributed by atoms with Crippen molar-refractivity contribution in [3.8, 4) is 0 Å². The molecule has 0 radical (unpaired) electrons. The molecule has 0 saturated carbocycles. The van der Waals surface area contributed by atoms with Gasteiger partial charge in [-0.2, -0.15) is 0 Å². The molecule has 20 heavy (non-hydrogen) atoms. The third kappa shape index (κ3) is 15.1. The summed E-state index contributed by atoms with van der Waals surface area (Å²) in [6.45, 7) is 1.83. The zero-order valence-electron chi connectivity index (χ0n) is 10.5. The van der Waals surface area contributed by atoms with Crippen molar-refractivity contribution in [3.05, 3.63) is 36.0 Å². The lowest BCUT2D eigenvalue weighted by atomic mass is 10.2. The van der Waals surface area contributed by atoms with Crippen molar-refractivity contribution >= 4 is 23.9 Å². The fourth-order valence-corrected chi connectivity index (χ4v) is 0.749. The molecule has 0 aliphatic heterocycles. The summed E-state index contributed by atoms with van der Waals surface area (Å²) >= 11 is 0. The maximum Gasteiger partial charge on any atom is 0.332 e. The van der Waals surface area contributed by atoms with Crippen LogP contribution in [-0.4, -0.2) is 44.3 Å². The van der Waals surface area contributed by atoms with E-state index in [0.29, 0.717) is 6.08 Å². The van der Waals surface area contributed by atoms with Gasteiger partial charge in [-0.1, -0.05) is 18.2 Å². The lowest BCUT2D eigenvalue weighted by Crippen LogP contribution is -2.08. The summed E-state index contributed by atoms with van der Waals surface area (Å²) in [7, 11) is 0. The van der Waals surface area contributed by atoms with E-state index in [-0.39, 0.29) is 0 Å². The zero-order valence-corrected chi connectivity index (χ0v) is 10.5.